The molecule has 0 radical (unpaired) electrons. The number of rotatable bonds is 4. The molecule has 6 heteroatoms. The Morgan fingerprint density at radius 1 is 1.05 bits per heavy atom. The molecule has 20 heavy (non-hydrogen) atoms. The van der Waals surface area contributed by atoms with Crippen molar-refractivity contribution < 1.29 is 13.2 Å². The molecule has 0 aliphatic heterocycles. The summed E-state index contributed by atoms with van der Waals surface area (Å²) in [4.78, 5) is 0. The maximum Gasteiger partial charge on any atom is 0.417 e. The van der Waals surface area contributed by atoms with Crippen molar-refractivity contribution in [1.82, 2.24) is 10.2 Å². The van der Waals surface area contributed by atoms with Crippen LogP contribution in [0.25, 0.3) is 11.3 Å². The van der Waals surface area contributed by atoms with Gasteiger partial charge < -0.3 is 5.32 Å². The van der Waals surface area contributed by atoms with Gasteiger partial charge in [-0.2, -0.15) is 13.2 Å². The Kier molecular flexibility index (Phi) is 4.22. The van der Waals surface area contributed by atoms with E-state index in [-0.39, 0.29) is 11.3 Å². The van der Waals surface area contributed by atoms with E-state index in [1.165, 1.54) is 18.2 Å². The molecule has 0 saturated carbocycles. The van der Waals surface area contributed by atoms with Crippen LogP contribution in [-0.2, 0) is 6.18 Å². The van der Waals surface area contributed by atoms with E-state index in [1.807, 2.05) is 6.92 Å². The predicted octanol–water partition coefficient (Wildman–Crippen LogP) is 3.98. The van der Waals surface area contributed by atoms with Gasteiger partial charge in [0.15, 0.2) is 0 Å². The fourth-order valence-corrected chi connectivity index (χ4v) is 1.78. The summed E-state index contributed by atoms with van der Waals surface area (Å²) in [5.74, 6) is 0.556. The summed E-state index contributed by atoms with van der Waals surface area (Å²) in [6.45, 7) is 2.75. The first-order chi connectivity index (χ1) is 9.52. The van der Waals surface area contributed by atoms with E-state index in [0.717, 1.165) is 19.0 Å². The Labute approximate surface area is 114 Å². The number of nitrogens with zero attached hydrogens (tertiary/aromatic N) is 2. The van der Waals surface area contributed by atoms with Crippen LogP contribution in [0.2, 0.25) is 0 Å². The molecule has 0 unspecified atom stereocenters. The van der Waals surface area contributed by atoms with Gasteiger partial charge in [-0.25, -0.2) is 0 Å². The predicted molar refractivity (Wildman–Crippen MR) is 71.3 cm³/mol. The van der Waals surface area contributed by atoms with E-state index in [1.54, 1.807) is 12.1 Å². The topological polar surface area (TPSA) is 37.8 Å². The lowest BCUT2D eigenvalue weighted by molar-refractivity contribution is -0.137. The molecule has 3 nitrogen and oxygen atoms in total. The molecule has 0 spiro atoms. The first-order valence-electron chi connectivity index (χ1n) is 6.26. The molecule has 1 aromatic heterocycles. The third kappa shape index (κ3) is 3.26. The van der Waals surface area contributed by atoms with Crippen LogP contribution in [0.4, 0.5) is 19.0 Å². The van der Waals surface area contributed by atoms with Gasteiger partial charge in [0.1, 0.15) is 5.82 Å². The fraction of sp³-hybridized carbons (Fsp3) is 0.286. The molecule has 0 fully saturated rings. The summed E-state index contributed by atoms with van der Waals surface area (Å²) >= 11 is 0. The molecule has 2 aromatic rings. The third-order valence-electron chi connectivity index (χ3n) is 2.73. The van der Waals surface area contributed by atoms with Crippen molar-refractivity contribution >= 4 is 5.82 Å². The van der Waals surface area contributed by atoms with Crippen molar-refractivity contribution in [2.45, 2.75) is 19.5 Å². The normalized spacial score (nSPS) is 11.4. The van der Waals surface area contributed by atoms with Crippen LogP contribution in [0.1, 0.15) is 18.9 Å². The smallest absolute Gasteiger partial charge is 0.369 e. The number of nitrogens with one attached hydrogen (secondary N) is 1. The van der Waals surface area contributed by atoms with Gasteiger partial charge >= 0.3 is 6.18 Å². The Bertz CT molecular complexity index is 565. The molecule has 1 aromatic carbocycles. The number of benzene rings is 1. The van der Waals surface area contributed by atoms with E-state index >= 15 is 0 Å². The largest absolute Gasteiger partial charge is 0.417 e. The zero-order valence-corrected chi connectivity index (χ0v) is 10.9. The average molecular weight is 281 g/mol. The van der Waals surface area contributed by atoms with Crippen molar-refractivity contribution in [3.8, 4) is 11.3 Å². The quantitative estimate of drug-likeness (QED) is 0.921. The van der Waals surface area contributed by atoms with Crippen LogP contribution in [0.15, 0.2) is 36.4 Å². The number of anilines is 1. The molecule has 1 heterocycles. The van der Waals surface area contributed by atoms with Gasteiger partial charge in [0.05, 0.1) is 11.3 Å². The summed E-state index contributed by atoms with van der Waals surface area (Å²) in [5, 5.41) is 10.8. The number of alkyl halides is 3. The highest BCUT2D eigenvalue weighted by Crippen LogP contribution is 2.36. The molecule has 1 N–H and O–H groups in total. The number of aromatic nitrogens is 2. The minimum Gasteiger partial charge on any atom is -0.369 e. The highest BCUT2D eigenvalue weighted by molar-refractivity contribution is 5.64. The minimum absolute atomic E-state index is 0.0366. The monoisotopic (exact) mass is 281 g/mol. The van der Waals surface area contributed by atoms with Gasteiger partial charge in [-0.15, -0.1) is 10.2 Å². The molecule has 2 rings (SSSR count). The Hall–Kier alpha value is -2.11. The van der Waals surface area contributed by atoms with Gasteiger partial charge in [-0.3, -0.25) is 0 Å². The highest BCUT2D eigenvalue weighted by Gasteiger charge is 2.33. The Morgan fingerprint density at radius 3 is 2.40 bits per heavy atom. The van der Waals surface area contributed by atoms with Crippen LogP contribution < -0.4 is 5.32 Å². The van der Waals surface area contributed by atoms with E-state index in [0.29, 0.717) is 5.82 Å². The van der Waals surface area contributed by atoms with E-state index in [9.17, 15) is 13.2 Å². The highest BCUT2D eigenvalue weighted by atomic mass is 19.4. The zero-order valence-electron chi connectivity index (χ0n) is 10.9. The second-order valence-corrected chi connectivity index (χ2v) is 4.27. The second kappa shape index (κ2) is 5.90. The van der Waals surface area contributed by atoms with Gasteiger partial charge in [-0.05, 0) is 24.6 Å². The van der Waals surface area contributed by atoms with E-state index in [4.69, 9.17) is 0 Å². The first-order valence-corrected chi connectivity index (χ1v) is 6.26. The summed E-state index contributed by atoms with van der Waals surface area (Å²) in [6, 6.07) is 8.51. The van der Waals surface area contributed by atoms with Crippen molar-refractivity contribution in [3.05, 3.63) is 42.0 Å². The third-order valence-corrected chi connectivity index (χ3v) is 2.73. The van der Waals surface area contributed by atoms with Crippen LogP contribution in [-0.4, -0.2) is 16.7 Å². The summed E-state index contributed by atoms with van der Waals surface area (Å²) in [6.07, 6.45) is -3.47. The Balaban J connectivity index is 2.33. The molecule has 0 bridgehead atoms. The maximum atomic E-state index is 12.9. The van der Waals surface area contributed by atoms with Gasteiger partial charge in [0, 0.05) is 12.1 Å². The molecule has 0 aliphatic carbocycles. The summed E-state index contributed by atoms with van der Waals surface area (Å²) < 4.78 is 38.8. The molecular formula is C14H14F3N3. The lowest BCUT2D eigenvalue weighted by atomic mass is 10.0. The molecule has 0 aliphatic rings. The van der Waals surface area contributed by atoms with Crippen molar-refractivity contribution in [2.24, 2.45) is 0 Å². The lowest BCUT2D eigenvalue weighted by Gasteiger charge is -2.12. The molecule has 0 amide bonds. The van der Waals surface area contributed by atoms with Gasteiger partial charge in [-0.1, -0.05) is 25.1 Å². The van der Waals surface area contributed by atoms with Crippen LogP contribution >= 0.6 is 0 Å². The van der Waals surface area contributed by atoms with Crippen LogP contribution in [0.3, 0.4) is 0 Å². The Morgan fingerprint density at radius 2 is 1.80 bits per heavy atom. The zero-order chi connectivity index (χ0) is 14.6. The van der Waals surface area contributed by atoms with E-state index < -0.39 is 11.7 Å². The number of hydrogen-bond donors (Lipinski definition) is 1. The SMILES string of the molecule is CCCNc1ccc(-c2ccccc2C(F)(F)F)nn1. The maximum absolute atomic E-state index is 12.9. The summed E-state index contributed by atoms with van der Waals surface area (Å²) in [7, 11) is 0. The van der Waals surface area contributed by atoms with Crippen LogP contribution in [0.5, 0.6) is 0 Å². The summed E-state index contributed by atoms with van der Waals surface area (Å²) in [5.41, 5.74) is -0.460. The number of hydrogen-bond acceptors (Lipinski definition) is 3. The molecule has 106 valence electrons. The number of halogens is 3. The van der Waals surface area contributed by atoms with Crippen molar-refractivity contribution in [1.29, 1.82) is 0 Å². The van der Waals surface area contributed by atoms with Crippen LogP contribution in [0, 0.1) is 0 Å². The minimum atomic E-state index is -4.41. The second-order valence-electron chi connectivity index (χ2n) is 4.27. The molecular weight excluding hydrogens is 267 g/mol. The standard InChI is InChI=1S/C14H14F3N3/c1-2-9-18-13-8-7-12(19-20-13)10-5-3-4-6-11(10)14(15,16)17/h3-8H,2,9H2,1H3,(H,18,20). The van der Waals surface area contributed by atoms with Gasteiger partial charge in [0.25, 0.3) is 0 Å². The van der Waals surface area contributed by atoms with E-state index in [2.05, 4.69) is 15.5 Å². The lowest BCUT2D eigenvalue weighted by Crippen LogP contribution is -2.08. The fourth-order valence-electron chi connectivity index (χ4n) is 1.78. The molecule has 0 saturated heterocycles. The van der Waals surface area contributed by atoms with Gasteiger partial charge in [0.2, 0.25) is 0 Å². The molecule has 0 atom stereocenters. The average Bonchev–Trinajstić information content (AvgIpc) is 2.45. The van der Waals surface area contributed by atoms with Crippen molar-refractivity contribution in [2.75, 3.05) is 11.9 Å². The first kappa shape index (κ1) is 14.3. The van der Waals surface area contributed by atoms with Crippen molar-refractivity contribution in [3.63, 3.8) is 0 Å².